The van der Waals surface area contributed by atoms with E-state index in [0.29, 0.717) is 29.2 Å². The van der Waals surface area contributed by atoms with Gasteiger partial charge in [-0.05, 0) is 42.7 Å². The molecule has 1 aliphatic carbocycles. The smallest absolute Gasteiger partial charge is 0.270 e. The lowest BCUT2D eigenvalue weighted by Gasteiger charge is -2.27. The molecule has 2 aromatic carbocycles. The van der Waals surface area contributed by atoms with Gasteiger partial charge in [-0.2, -0.15) is 0 Å². The molecule has 9 nitrogen and oxygen atoms in total. The second-order valence-corrected chi connectivity index (χ2v) is 9.30. The summed E-state index contributed by atoms with van der Waals surface area (Å²) in [7, 11) is 0. The van der Waals surface area contributed by atoms with Gasteiger partial charge in [0.2, 0.25) is 0 Å². The summed E-state index contributed by atoms with van der Waals surface area (Å²) in [6, 6.07) is 17.1. The summed E-state index contributed by atoms with van der Waals surface area (Å²) in [6.07, 6.45) is 5.96. The number of nitrogen functional groups attached to an aromatic ring is 1. The van der Waals surface area contributed by atoms with Crippen molar-refractivity contribution >= 4 is 34.0 Å². The van der Waals surface area contributed by atoms with Crippen molar-refractivity contribution in [3.63, 3.8) is 0 Å². The van der Waals surface area contributed by atoms with E-state index in [9.17, 15) is 9.90 Å². The number of rotatable bonds is 7. The van der Waals surface area contributed by atoms with E-state index in [1.807, 2.05) is 48.5 Å². The van der Waals surface area contributed by atoms with Gasteiger partial charge in [-0.3, -0.25) is 15.2 Å². The zero-order valence-electron chi connectivity index (χ0n) is 20.3. The number of hydrogen-bond acceptors (Lipinski definition) is 8. The van der Waals surface area contributed by atoms with Gasteiger partial charge in [0.15, 0.2) is 0 Å². The Hall–Kier alpha value is -4.37. The first-order valence-corrected chi connectivity index (χ1v) is 12.3. The highest BCUT2D eigenvalue weighted by atomic mass is 16.3. The van der Waals surface area contributed by atoms with Crippen LogP contribution in [0.15, 0.2) is 67.1 Å². The van der Waals surface area contributed by atoms with Crippen molar-refractivity contribution in [2.45, 2.75) is 44.4 Å². The maximum Gasteiger partial charge on any atom is 0.270 e. The fourth-order valence-corrected chi connectivity index (χ4v) is 4.58. The van der Waals surface area contributed by atoms with Crippen molar-refractivity contribution in [3.8, 4) is 0 Å². The molecule has 2 aromatic heterocycles. The second-order valence-electron chi connectivity index (χ2n) is 9.30. The van der Waals surface area contributed by atoms with Crippen LogP contribution in [0.5, 0.6) is 0 Å². The minimum atomic E-state index is -0.251. The Kier molecular flexibility index (Phi) is 7.04. The van der Waals surface area contributed by atoms with Gasteiger partial charge in [-0.15, -0.1) is 0 Å². The number of anilines is 2. The summed E-state index contributed by atoms with van der Waals surface area (Å²) in [5.74, 6) is 0.512. The topological polar surface area (TPSA) is 150 Å². The van der Waals surface area contributed by atoms with Crippen LogP contribution in [0.2, 0.25) is 0 Å². The van der Waals surface area contributed by atoms with Crippen molar-refractivity contribution in [1.29, 1.82) is 5.41 Å². The Labute approximate surface area is 214 Å². The van der Waals surface area contributed by atoms with Gasteiger partial charge >= 0.3 is 0 Å². The normalized spacial score (nSPS) is 17.3. The number of carbonyl (C=O) groups is 1. The predicted molar refractivity (Wildman–Crippen MR) is 144 cm³/mol. The minimum Gasteiger partial charge on any atom is -0.393 e. The molecule has 0 radical (unpaired) electrons. The number of fused-ring (bicyclic) bond motifs is 1. The highest BCUT2D eigenvalue weighted by Crippen LogP contribution is 2.26. The van der Waals surface area contributed by atoms with Crippen LogP contribution >= 0.6 is 0 Å². The lowest BCUT2D eigenvalue weighted by Crippen LogP contribution is -2.29. The van der Waals surface area contributed by atoms with Gasteiger partial charge in [0.25, 0.3) is 5.91 Å². The Balaban J connectivity index is 1.25. The van der Waals surface area contributed by atoms with Crippen LogP contribution in [0.4, 0.5) is 11.6 Å². The molecule has 1 saturated carbocycles. The van der Waals surface area contributed by atoms with E-state index < -0.39 is 0 Å². The zero-order chi connectivity index (χ0) is 25.8. The summed E-state index contributed by atoms with van der Waals surface area (Å²) in [5, 5.41) is 26.8. The molecule has 188 valence electrons. The molecule has 5 rings (SSSR count). The van der Waals surface area contributed by atoms with Crippen LogP contribution in [0, 0.1) is 5.41 Å². The molecule has 0 unspecified atom stereocenters. The number of amides is 1. The Morgan fingerprint density at radius 2 is 1.73 bits per heavy atom. The zero-order valence-corrected chi connectivity index (χ0v) is 20.3. The Morgan fingerprint density at radius 1 is 1.00 bits per heavy atom. The number of aliphatic hydroxyl groups is 1. The molecule has 0 saturated heterocycles. The second kappa shape index (κ2) is 10.7. The van der Waals surface area contributed by atoms with Gasteiger partial charge < -0.3 is 21.5 Å². The van der Waals surface area contributed by atoms with Gasteiger partial charge in [0.1, 0.15) is 23.7 Å². The molecule has 1 aliphatic rings. The number of benzene rings is 2. The maximum absolute atomic E-state index is 12.6. The lowest BCUT2D eigenvalue weighted by molar-refractivity contribution is 0.0946. The molecule has 0 bridgehead atoms. The molecule has 0 aliphatic heterocycles. The van der Waals surface area contributed by atoms with Crippen molar-refractivity contribution in [1.82, 2.24) is 20.3 Å². The number of nitrogens with zero attached hydrogens (tertiary/aromatic N) is 3. The number of nitrogens with one attached hydrogen (secondary N) is 3. The van der Waals surface area contributed by atoms with Crippen molar-refractivity contribution in [2.75, 3.05) is 11.1 Å². The van der Waals surface area contributed by atoms with Gasteiger partial charge in [-0.1, -0.05) is 48.5 Å². The summed E-state index contributed by atoms with van der Waals surface area (Å²) >= 11 is 0. The average molecular weight is 496 g/mol. The largest absolute Gasteiger partial charge is 0.393 e. The van der Waals surface area contributed by atoms with Crippen LogP contribution in [-0.4, -0.2) is 43.8 Å². The van der Waals surface area contributed by atoms with Crippen LogP contribution in [-0.2, 0) is 6.54 Å². The fourth-order valence-electron chi connectivity index (χ4n) is 4.58. The van der Waals surface area contributed by atoms with E-state index in [1.54, 1.807) is 12.3 Å². The summed E-state index contributed by atoms with van der Waals surface area (Å²) < 4.78 is 0. The first-order valence-electron chi connectivity index (χ1n) is 12.3. The van der Waals surface area contributed by atoms with Crippen molar-refractivity contribution in [2.24, 2.45) is 0 Å². The molecule has 2 heterocycles. The number of nitrogens with two attached hydrogens (primary N) is 1. The summed E-state index contributed by atoms with van der Waals surface area (Å²) in [5.41, 5.74) is 8.75. The number of carbonyl (C=O) groups excluding carboxylic acids is 1. The van der Waals surface area contributed by atoms with Crippen molar-refractivity contribution in [3.05, 3.63) is 89.5 Å². The summed E-state index contributed by atoms with van der Waals surface area (Å²) in [6.45, 7) is 0.331. The van der Waals surface area contributed by atoms with Crippen LogP contribution in [0.25, 0.3) is 10.8 Å². The van der Waals surface area contributed by atoms with E-state index in [0.717, 1.165) is 42.0 Å². The monoisotopic (exact) mass is 495 g/mol. The van der Waals surface area contributed by atoms with E-state index in [1.165, 1.54) is 6.33 Å². The lowest BCUT2D eigenvalue weighted by atomic mass is 9.93. The van der Waals surface area contributed by atoms with Crippen LogP contribution in [0.3, 0.4) is 0 Å². The number of hydrogen-bond donors (Lipinski definition) is 5. The Bertz CT molecular complexity index is 1430. The van der Waals surface area contributed by atoms with Gasteiger partial charge in [0.05, 0.1) is 17.4 Å². The van der Waals surface area contributed by atoms with Crippen LogP contribution < -0.4 is 16.4 Å². The SMILES string of the molecule is N=C(c1ccc(CNC(=O)c2cc3ccccc3cn2)cc1)c1c(N)ncnc1NC1CCC(O)CC1. The third kappa shape index (κ3) is 5.57. The molecule has 6 N–H and O–H groups in total. The minimum absolute atomic E-state index is 0.160. The third-order valence-corrected chi connectivity index (χ3v) is 6.72. The average Bonchev–Trinajstić information content (AvgIpc) is 2.93. The van der Waals surface area contributed by atoms with Gasteiger partial charge in [0, 0.05) is 29.7 Å². The molecule has 4 aromatic rings. The molecular weight excluding hydrogens is 466 g/mol. The van der Waals surface area contributed by atoms with E-state index in [2.05, 4.69) is 25.6 Å². The van der Waals surface area contributed by atoms with E-state index >= 15 is 0 Å². The molecule has 0 spiro atoms. The highest BCUT2D eigenvalue weighted by Gasteiger charge is 2.23. The molecule has 1 fully saturated rings. The van der Waals surface area contributed by atoms with Crippen LogP contribution in [0.1, 0.15) is 52.9 Å². The quantitative estimate of drug-likeness (QED) is 0.246. The first-order chi connectivity index (χ1) is 18.0. The number of aliphatic hydroxyl groups excluding tert-OH is 1. The molecule has 9 heteroatoms. The van der Waals surface area contributed by atoms with Gasteiger partial charge in [-0.25, -0.2) is 9.97 Å². The summed E-state index contributed by atoms with van der Waals surface area (Å²) in [4.78, 5) is 25.3. The standard InChI is InChI=1S/C28H29N7O2/c29-25(24-26(30)33-16-34-27(24)35-21-9-11-22(36)12-10-21)18-7-5-17(6-8-18)14-32-28(37)23-13-19-3-1-2-4-20(19)15-31-23/h1-8,13,15-16,21-22,29,36H,9-12,14H2,(H,32,37)(H3,30,33,34,35). The van der Waals surface area contributed by atoms with E-state index in [-0.39, 0.29) is 29.6 Å². The maximum atomic E-state index is 12.6. The highest BCUT2D eigenvalue weighted by molar-refractivity contribution is 6.16. The molecule has 1 amide bonds. The Morgan fingerprint density at radius 3 is 2.49 bits per heavy atom. The molecular formula is C28H29N7O2. The molecule has 0 atom stereocenters. The van der Waals surface area contributed by atoms with E-state index in [4.69, 9.17) is 11.1 Å². The fraction of sp³-hybridized carbons (Fsp3) is 0.250. The predicted octanol–water partition coefficient (Wildman–Crippen LogP) is 3.67. The molecule has 37 heavy (non-hydrogen) atoms. The first kappa shape index (κ1) is 24.3. The third-order valence-electron chi connectivity index (χ3n) is 6.72. The number of aromatic nitrogens is 3. The number of pyridine rings is 1. The van der Waals surface area contributed by atoms with Crippen molar-refractivity contribution < 1.29 is 9.90 Å².